The minimum Gasteiger partial charge on any atom is -0.494 e. The zero-order chi connectivity index (χ0) is 21.1. The summed E-state index contributed by atoms with van der Waals surface area (Å²) in [4.78, 5) is 0.0509. The summed E-state index contributed by atoms with van der Waals surface area (Å²) in [5.41, 5.74) is 1.79. The van der Waals surface area contributed by atoms with Gasteiger partial charge in [0.25, 0.3) is 0 Å². The first-order valence-electron chi connectivity index (χ1n) is 8.87. The standard InChI is InChI=1S/C18H22N4O5S2/c1-3-27-18-5-4-17(12-14(18)2)29(25,26)20-9-11-28(23,24)21-15-7-10-22-16(13-15)6-8-19-22/h4-8,10,12-13,20-21H,3,9,11H2,1-2H3. The highest BCUT2D eigenvalue weighted by molar-refractivity contribution is 7.92. The first kappa shape index (κ1) is 21.1. The van der Waals surface area contributed by atoms with Crippen molar-refractivity contribution >= 4 is 31.3 Å². The highest BCUT2D eigenvalue weighted by atomic mass is 32.2. The quantitative estimate of drug-likeness (QED) is 0.525. The molecule has 3 rings (SSSR count). The second-order valence-corrected chi connectivity index (χ2v) is 9.90. The summed E-state index contributed by atoms with van der Waals surface area (Å²) in [5.74, 6) is 0.195. The highest BCUT2D eigenvalue weighted by Crippen LogP contribution is 2.21. The van der Waals surface area contributed by atoms with Gasteiger partial charge in [-0.2, -0.15) is 5.10 Å². The number of rotatable bonds is 9. The average molecular weight is 439 g/mol. The van der Waals surface area contributed by atoms with Crippen molar-refractivity contribution in [3.05, 3.63) is 54.4 Å². The van der Waals surface area contributed by atoms with E-state index in [1.165, 1.54) is 12.1 Å². The molecule has 0 saturated carbocycles. The first-order chi connectivity index (χ1) is 13.7. The topological polar surface area (TPSA) is 119 Å². The van der Waals surface area contributed by atoms with Crippen LogP contribution < -0.4 is 14.2 Å². The second kappa shape index (κ2) is 8.39. The van der Waals surface area contributed by atoms with E-state index < -0.39 is 25.8 Å². The molecule has 0 radical (unpaired) electrons. The molecule has 0 saturated heterocycles. The monoisotopic (exact) mass is 438 g/mol. The number of hydrogen-bond acceptors (Lipinski definition) is 6. The summed E-state index contributed by atoms with van der Waals surface area (Å²) in [7, 11) is -7.58. The molecule has 0 fully saturated rings. The van der Waals surface area contributed by atoms with Crippen LogP contribution in [0.1, 0.15) is 12.5 Å². The second-order valence-electron chi connectivity index (χ2n) is 6.30. The van der Waals surface area contributed by atoms with E-state index in [4.69, 9.17) is 4.74 Å². The van der Waals surface area contributed by atoms with Gasteiger partial charge in [0.2, 0.25) is 20.0 Å². The Morgan fingerprint density at radius 2 is 1.90 bits per heavy atom. The van der Waals surface area contributed by atoms with Gasteiger partial charge in [0.15, 0.2) is 0 Å². The minimum atomic E-state index is -3.84. The van der Waals surface area contributed by atoms with Gasteiger partial charge < -0.3 is 4.74 Å². The third kappa shape index (κ3) is 5.25. The number of hydrogen-bond donors (Lipinski definition) is 2. The lowest BCUT2D eigenvalue weighted by atomic mass is 10.2. The summed E-state index contributed by atoms with van der Waals surface area (Å²) in [5, 5.41) is 4.04. The summed E-state index contributed by atoms with van der Waals surface area (Å²) >= 11 is 0. The largest absolute Gasteiger partial charge is 0.494 e. The van der Waals surface area contributed by atoms with Crippen molar-refractivity contribution in [1.29, 1.82) is 0 Å². The van der Waals surface area contributed by atoms with E-state index in [1.54, 1.807) is 48.1 Å². The van der Waals surface area contributed by atoms with E-state index in [1.807, 2.05) is 6.92 Å². The average Bonchev–Trinajstić information content (AvgIpc) is 3.10. The maximum Gasteiger partial charge on any atom is 0.240 e. The van der Waals surface area contributed by atoms with Crippen LogP contribution in [0.3, 0.4) is 0 Å². The molecule has 0 aliphatic rings. The zero-order valence-electron chi connectivity index (χ0n) is 16.0. The van der Waals surface area contributed by atoms with Crippen LogP contribution in [0.25, 0.3) is 5.52 Å². The number of ether oxygens (including phenoxy) is 1. The van der Waals surface area contributed by atoms with Gasteiger partial charge in [-0.3, -0.25) is 4.72 Å². The SMILES string of the molecule is CCOc1ccc(S(=O)(=O)NCCS(=O)(=O)Nc2ccn3nccc3c2)cc1C. The molecular weight excluding hydrogens is 416 g/mol. The maximum atomic E-state index is 12.4. The number of sulfonamides is 2. The van der Waals surface area contributed by atoms with E-state index in [-0.39, 0.29) is 11.4 Å². The zero-order valence-corrected chi connectivity index (χ0v) is 17.6. The van der Waals surface area contributed by atoms with E-state index in [2.05, 4.69) is 14.5 Å². The van der Waals surface area contributed by atoms with Crippen LogP contribution in [0.15, 0.2) is 53.7 Å². The van der Waals surface area contributed by atoms with Crippen LogP contribution in [0.2, 0.25) is 0 Å². The lowest BCUT2D eigenvalue weighted by molar-refractivity contribution is 0.337. The van der Waals surface area contributed by atoms with Gasteiger partial charge in [-0.1, -0.05) is 0 Å². The Kier molecular flexibility index (Phi) is 6.10. The molecule has 2 N–H and O–H groups in total. The molecule has 2 heterocycles. The van der Waals surface area contributed by atoms with Crippen molar-refractivity contribution in [3.8, 4) is 5.75 Å². The number of aryl methyl sites for hydroxylation is 1. The highest BCUT2D eigenvalue weighted by Gasteiger charge is 2.18. The fraction of sp³-hybridized carbons (Fsp3) is 0.278. The van der Waals surface area contributed by atoms with Gasteiger partial charge in [-0.05, 0) is 55.8 Å². The van der Waals surface area contributed by atoms with Gasteiger partial charge in [0.1, 0.15) is 5.75 Å². The molecule has 0 bridgehead atoms. The Bertz CT molecular complexity index is 1220. The fourth-order valence-electron chi connectivity index (χ4n) is 2.72. The smallest absolute Gasteiger partial charge is 0.240 e. The molecule has 0 atom stereocenters. The number of pyridine rings is 1. The lowest BCUT2D eigenvalue weighted by Gasteiger charge is -2.11. The Morgan fingerprint density at radius 1 is 1.10 bits per heavy atom. The summed E-state index contributed by atoms with van der Waals surface area (Å²) < 4.78 is 61.2. The van der Waals surface area contributed by atoms with Crippen molar-refractivity contribution in [1.82, 2.24) is 14.3 Å². The Hall–Kier alpha value is -2.63. The lowest BCUT2D eigenvalue weighted by Crippen LogP contribution is -2.31. The van der Waals surface area contributed by atoms with Gasteiger partial charge in [-0.15, -0.1) is 0 Å². The minimum absolute atomic E-state index is 0.0509. The van der Waals surface area contributed by atoms with E-state index in [9.17, 15) is 16.8 Å². The van der Waals surface area contributed by atoms with Gasteiger partial charge in [0.05, 0.1) is 28.5 Å². The van der Waals surface area contributed by atoms with Crippen LogP contribution in [-0.2, 0) is 20.0 Å². The van der Waals surface area contributed by atoms with Crippen molar-refractivity contribution in [2.45, 2.75) is 18.7 Å². The molecule has 29 heavy (non-hydrogen) atoms. The van der Waals surface area contributed by atoms with Crippen molar-refractivity contribution in [2.75, 3.05) is 23.6 Å². The molecule has 0 aliphatic heterocycles. The summed E-state index contributed by atoms with van der Waals surface area (Å²) in [6.07, 6.45) is 3.23. The van der Waals surface area contributed by atoms with Gasteiger partial charge >= 0.3 is 0 Å². The molecule has 0 unspecified atom stereocenters. The maximum absolute atomic E-state index is 12.4. The predicted octanol–water partition coefficient (Wildman–Crippen LogP) is 1.76. The number of nitrogens with one attached hydrogen (secondary N) is 2. The number of aromatic nitrogens is 2. The van der Waals surface area contributed by atoms with E-state index >= 15 is 0 Å². The molecule has 0 aliphatic carbocycles. The Balaban J connectivity index is 1.62. The molecule has 0 amide bonds. The normalized spacial score (nSPS) is 12.2. The number of benzene rings is 1. The van der Waals surface area contributed by atoms with Crippen LogP contribution >= 0.6 is 0 Å². The van der Waals surface area contributed by atoms with Crippen molar-refractivity contribution in [2.24, 2.45) is 0 Å². The first-order valence-corrected chi connectivity index (χ1v) is 12.0. The molecule has 9 nitrogen and oxygen atoms in total. The molecule has 2 aromatic heterocycles. The van der Waals surface area contributed by atoms with Crippen LogP contribution in [0, 0.1) is 6.92 Å². The Morgan fingerprint density at radius 3 is 2.62 bits per heavy atom. The molecular formula is C18H22N4O5S2. The molecule has 11 heteroatoms. The molecule has 156 valence electrons. The summed E-state index contributed by atoms with van der Waals surface area (Å²) in [6, 6.07) is 9.44. The van der Waals surface area contributed by atoms with Crippen LogP contribution in [-0.4, -0.2) is 45.4 Å². The van der Waals surface area contributed by atoms with E-state index in [0.717, 1.165) is 5.52 Å². The molecule has 0 spiro atoms. The van der Waals surface area contributed by atoms with Gasteiger partial charge in [-0.25, -0.2) is 26.1 Å². The van der Waals surface area contributed by atoms with Gasteiger partial charge in [0, 0.05) is 18.9 Å². The van der Waals surface area contributed by atoms with Crippen LogP contribution in [0.5, 0.6) is 5.75 Å². The third-order valence-corrected chi connectivity index (χ3v) is 6.84. The number of nitrogens with zero attached hydrogens (tertiary/aromatic N) is 2. The van der Waals surface area contributed by atoms with Crippen molar-refractivity contribution < 1.29 is 21.6 Å². The van der Waals surface area contributed by atoms with E-state index in [0.29, 0.717) is 23.6 Å². The number of anilines is 1. The van der Waals surface area contributed by atoms with Crippen molar-refractivity contribution in [3.63, 3.8) is 0 Å². The number of fused-ring (bicyclic) bond motifs is 1. The van der Waals surface area contributed by atoms with Crippen LogP contribution in [0.4, 0.5) is 5.69 Å². The molecule has 1 aromatic carbocycles. The fourth-order valence-corrected chi connectivity index (χ4v) is 4.92. The third-order valence-electron chi connectivity index (χ3n) is 4.09. The Labute approximate surface area is 169 Å². The predicted molar refractivity (Wildman–Crippen MR) is 110 cm³/mol. The summed E-state index contributed by atoms with van der Waals surface area (Å²) in [6.45, 7) is 3.80. The molecule has 3 aromatic rings.